The van der Waals surface area contributed by atoms with Crippen LogP contribution in [0.4, 0.5) is 8.78 Å². The molecular formula is C33H47ClF2N4O4S. The van der Waals surface area contributed by atoms with Crippen molar-refractivity contribution in [2.24, 2.45) is 23.2 Å². The van der Waals surface area contributed by atoms with Crippen LogP contribution in [0.15, 0.2) is 4.79 Å². The number of nitrogens with one attached hydrogen (secondary N) is 1. The van der Waals surface area contributed by atoms with E-state index < -0.39 is 11.9 Å². The van der Waals surface area contributed by atoms with Gasteiger partial charge in [-0.05, 0) is 89.0 Å². The Morgan fingerprint density at radius 2 is 2.02 bits per heavy atom. The third-order valence-electron chi connectivity index (χ3n) is 12.0. The van der Waals surface area contributed by atoms with E-state index in [-0.39, 0.29) is 70.5 Å². The zero-order chi connectivity index (χ0) is 31.7. The normalized spacial score (nSPS) is 38.9. The lowest BCUT2D eigenvalue weighted by molar-refractivity contribution is -0.156. The second-order valence-electron chi connectivity index (χ2n) is 15.1. The SMILES string of the molecule is Cc1nc2c(c(=O)n1CCOC1CCC(Cl)CC1C1CC(C)NC3C(C(=O)O)CSC13)CC(N1CCC3(C1)CC(F)(F)C3)CC2. The maximum Gasteiger partial charge on any atom is 0.308 e. The molecule has 2 N–H and O–H groups in total. The molecule has 3 saturated heterocycles. The highest BCUT2D eigenvalue weighted by Gasteiger charge is 2.59. The number of aryl methyl sites for hydroxylation is 2. The number of aromatic nitrogens is 2. The average Bonchev–Trinajstić information content (AvgIpc) is 3.59. The van der Waals surface area contributed by atoms with Crippen LogP contribution in [0, 0.1) is 30.1 Å². The van der Waals surface area contributed by atoms with Crippen LogP contribution >= 0.6 is 23.4 Å². The van der Waals surface area contributed by atoms with Crippen molar-refractivity contribution in [3.63, 3.8) is 0 Å². The quantitative estimate of drug-likeness (QED) is 0.410. The fraction of sp³-hybridized carbons (Fsp3) is 0.848. The molecule has 12 heteroatoms. The predicted molar refractivity (Wildman–Crippen MR) is 170 cm³/mol. The summed E-state index contributed by atoms with van der Waals surface area (Å²) in [4.78, 5) is 33.0. The van der Waals surface area contributed by atoms with Crippen LogP contribution in [0.25, 0.3) is 0 Å². The molecular weight excluding hydrogens is 622 g/mol. The van der Waals surface area contributed by atoms with Crippen LogP contribution in [0.2, 0.25) is 0 Å². The number of fused-ring (bicyclic) bond motifs is 2. The Kier molecular flexibility index (Phi) is 8.84. The standard InChI is InChI=1S/C33H47ClF2N4O4S/c1-18-11-23(29-28(37-18)25(14-45-29)31(42)43)22-12-20(34)3-6-27(22)44-10-9-40-19(2)38-26-5-4-21(13-24(26)30(40)41)39-8-7-32(17-39)15-33(35,36)16-32/h18,20-23,25,27-29,37H,3-17H2,1-2H3,(H,42,43). The summed E-state index contributed by atoms with van der Waals surface area (Å²) < 4.78 is 35.7. The number of carboxylic acids is 1. The van der Waals surface area contributed by atoms with Gasteiger partial charge in [-0.2, -0.15) is 11.8 Å². The molecule has 2 saturated carbocycles. The zero-order valence-electron chi connectivity index (χ0n) is 26.4. The minimum absolute atomic E-state index is 0.000350. The van der Waals surface area contributed by atoms with Crippen LogP contribution < -0.4 is 10.9 Å². The molecule has 0 bridgehead atoms. The molecule has 5 fully saturated rings. The number of alkyl halides is 3. The molecule has 1 aromatic rings. The number of rotatable bonds is 7. The van der Waals surface area contributed by atoms with Gasteiger partial charge in [0.15, 0.2) is 0 Å². The van der Waals surface area contributed by atoms with Gasteiger partial charge < -0.3 is 15.2 Å². The van der Waals surface area contributed by atoms with Crippen molar-refractivity contribution in [3.05, 3.63) is 27.4 Å². The van der Waals surface area contributed by atoms with Crippen molar-refractivity contribution in [2.75, 3.05) is 25.4 Å². The molecule has 3 aliphatic heterocycles. The Bertz CT molecular complexity index is 1360. The summed E-state index contributed by atoms with van der Waals surface area (Å²) in [6.45, 7) is 6.41. The Morgan fingerprint density at radius 1 is 1.22 bits per heavy atom. The zero-order valence-corrected chi connectivity index (χ0v) is 27.9. The number of halogens is 3. The van der Waals surface area contributed by atoms with Crippen molar-refractivity contribution in [3.8, 4) is 0 Å². The molecule has 3 aliphatic carbocycles. The number of aliphatic carboxylic acids is 1. The van der Waals surface area contributed by atoms with Gasteiger partial charge in [0.25, 0.3) is 5.56 Å². The van der Waals surface area contributed by atoms with Crippen LogP contribution in [0.5, 0.6) is 0 Å². The van der Waals surface area contributed by atoms with Crippen LogP contribution in [0.1, 0.15) is 75.4 Å². The molecule has 6 aliphatic rings. The third kappa shape index (κ3) is 6.22. The van der Waals surface area contributed by atoms with E-state index in [0.29, 0.717) is 43.6 Å². The van der Waals surface area contributed by atoms with Crippen molar-refractivity contribution in [1.29, 1.82) is 0 Å². The van der Waals surface area contributed by atoms with Gasteiger partial charge in [-0.25, -0.2) is 13.8 Å². The van der Waals surface area contributed by atoms with E-state index in [1.165, 1.54) is 0 Å². The number of hydrogen-bond donors (Lipinski definition) is 2. The van der Waals surface area contributed by atoms with Crippen LogP contribution in [0.3, 0.4) is 0 Å². The Balaban J connectivity index is 1.01. The summed E-state index contributed by atoms with van der Waals surface area (Å²) in [5.74, 6) is -1.70. The Labute approximate surface area is 273 Å². The Morgan fingerprint density at radius 3 is 2.78 bits per heavy atom. The van der Waals surface area contributed by atoms with E-state index in [1.54, 1.807) is 16.3 Å². The molecule has 0 radical (unpaired) electrons. The molecule has 4 heterocycles. The number of hydrogen-bond acceptors (Lipinski definition) is 7. The fourth-order valence-corrected chi connectivity index (χ4v) is 12.1. The lowest BCUT2D eigenvalue weighted by Gasteiger charge is -2.47. The second kappa shape index (κ2) is 12.3. The molecule has 45 heavy (non-hydrogen) atoms. The molecule has 9 atom stereocenters. The molecule has 1 aromatic heterocycles. The smallest absolute Gasteiger partial charge is 0.308 e. The van der Waals surface area contributed by atoms with E-state index in [4.69, 9.17) is 21.3 Å². The lowest BCUT2D eigenvalue weighted by Crippen LogP contribution is -2.57. The van der Waals surface area contributed by atoms with Crippen molar-refractivity contribution in [1.82, 2.24) is 19.8 Å². The molecule has 8 nitrogen and oxygen atoms in total. The Hall–Kier alpha value is -1.27. The molecule has 0 amide bonds. The van der Waals surface area contributed by atoms with Gasteiger partial charge in [0.2, 0.25) is 5.92 Å². The molecule has 250 valence electrons. The van der Waals surface area contributed by atoms with E-state index in [9.17, 15) is 23.5 Å². The summed E-state index contributed by atoms with van der Waals surface area (Å²) in [5.41, 5.74) is 1.43. The van der Waals surface area contributed by atoms with Gasteiger partial charge in [0.05, 0.1) is 30.9 Å². The largest absolute Gasteiger partial charge is 0.481 e. The average molecular weight is 669 g/mol. The number of piperidine rings is 1. The number of carbonyl (C=O) groups is 1. The topological polar surface area (TPSA) is 96.7 Å². The van der Waals surface area contributed by atoms with Gasteiger partial charge in [-0.3, -0.25) is 19.1 Å². The summed E-state index contributed by atoms with van der Waals surface area (Å²) in [7, 11) is 0. The van der Waals surface area contributed by atoms with Crippen LogP contribution in [-0.4, -0.2) is 91.8 Å². The summed E-state index contributed by atoms with van der Waals surface area (Å²) in [6.07, 6.45) is 6.71. The molecule has 0 aromatic carbocycles. The van der Waals surface area contributed by atoms with E-state index in [2.05, 4.69) is 17.1 Å². The van der Waals surface area contributed by atoms with Gasteiger partial charge in [0.1, 0.15) is 5.82 Å². The number of carboxylic acid groups (broad SMARTS) is 1. The van der Waals surface area contributed by atoms with Gasteiger partial charge in [-0.1, -0.05) is 0 Å². The highest BCUT2D eigenvalue weighted by Crippen LogP contribution is 2.57. The van der Waals surface area contributed by atoms with Crippen molar-refractivity contribution in [2.45, 2.75) is 125 Å². The lowest BCUT2D eigenvalue weighted by atomic mass is 9.65. The maximum absolute atomic E-state index is 13.8. The summed E-state index contributed by atoms with van der Waals surface area (Å²) in [5, 5.41) is 13.7. The van der Waals surface area contributed by atoms with Gasteiger partial charge >= 0.3 is 5.97 Å². The van der Waals surface area contributed by atoms with E-state index >= 15 is 0 Å². The number of nitrogens with zero attached hydrogens (tertiary/aromatic N) is 3. The number of thioether (sulfide) groups is 1. The minimum atomic E-state index is -2.51. The first kappa shape index (κ1) is 32.3. The van der Waals surface area contributed by atoms with Gasteiger partial charge in [-0.15, -0.1) is 11.6 Å². The van der Waals surface area contributed by atoms with Crippen molar-refractivity contribution >= 4 is 29.3 Å². The molecule has 9 unspecified atom stereocenters. The summed E-state index contributed by atoms with van der Waals surface area (Å²) >= 11 is 8.52. The molecule has 1 spiro atoms. The first-order valence-electron chi connectivity index (χ1n) is 17.0. The monoisotopic (exact) mass is 668 g/mol. The first-order chi connectivity index (χ1) is 21.4. The molecule has 7 rings (SSSR count). The van der Waals surface area contributed by atoms with E-state index in [0.717, 1.165) is 62.7 Å². The highest BCUT2D eigenvalue weighted by atomic mass is 35.5. The summed E-state index contributed by atoms with van der Waals surface area (Å²) in [6, 6.07) is 0.399. The number of ether oxygens (including phenoxy) is 1. The third-order valence-corrected chi connectivity index (χ3v) is 14.0. The second-order valence-corrected chi connectivity index (χ2v) is 16.9. The van der Waals surface area contributed by atoms with Crippen LogP contribution in [-0.2, 0) is 28.9 Å². The fourth-order valence-electron chi connectivity index (χ4n) is 9.91. The van der Waals surface area contributed by atoms with E-state index in [1.807, 2.05) is 6.92 Å². The first-order valence-corrected chi connectivity index (χ1v) is 18.5. The highest BCUT2D eigenvalue weighted by molar-refractivity contribution is 8.00. The minimum Gasteiger partial charge on any atom is -0.481 e. The van der Waals surface area contributed by atoms with Gasteiger partial charge in [0, 0.05) is 59.5 Å². The maximum atomic E-state index is 13.8. The van der Waals surface area contributed by atoms with Crippen molar-refractivity contribution < 1.29 is 23.4 Å². The predicted octanol–water partition coefficient (Wildman–Crippen LogP) is 4.51. The number of likely N-dealkylation sites (tertiary alicyclic amines) is 1.